The van der Waals surface area contributed by atoms with E-state index in [0.29, 0.717) is 24.7 Å². The maximum absolute atomic E-state index is 11.4. The highest BCUT2D eigenvalue weighted by molar-refractivity contribution is 5.80. The van der Waals surface area contributed by atoms with E-state index in [1.165, 1.54) is 0 Å². The lowest BCUT2D eigenvalue weighted by atomic mass is 10.2. The van der Waals surface area contributed by atoms with Crippen LogP contribution in [0.2, 0.25) is 0 Å². The van der Waals surface area contributed by atoms with Crippen LogP contribution in [0.3, 0.4) is 0 Å². The van der Waals surface area contributed by atoms with Crippen molar-refractivity contribution in [2.24, 2.45) is 5.73 Å². The molecule has 1 aromatic carbocycles. The fourth-order valence-corrected chi connectivity index (χ4v) is 1.45. The summed E-state index contributed by atoms with van der Waals surface area (Å²) in [5.41, 5.74) is 6.40. The Morgan fingerprint density at radius 3 is 2.72 bits per heavy atom. The summed E-state index contributed by atoms with van der Waals surface area (Å²) in [4.78, 5) is 11.4. The second-order valence-corrected chi connectivity index (χ2v) is 3.92. The number of carbonyl (C=O) groups excluding carboxylic acids is 1. The van der Waals surface area contributed by atoms with Crippen LogP contribution in [0.4, 0.5) is 0 Å². The molecule has 1 atom stereocenters. The van der Waals surface area contributed by atoms with E-state index >= 15 is 0 Å². The highest BCUT2D eigenvalue weighted by Gasteiger charge is 2.08. The number of nitrogens with one attached hydrogen (secondary N) is 1. The Bertz CT molecular complexity index is 405. The van der Waals surface area contributed by atoms with Crippen LogP contribution < -0.4 is 20.5 Å². The zero-order chi connectivity index (χ0) is 13.5. The minimum atomic E-state index is -0.505. The van der Waals surface area contributed by atoms with Gasteiger partial charge in [-0.25, -0.2) is 0 Å². The summed E-state index contributed by atoms with van der Waals surface area (Å²) in [6.07, 6.45) is 0. The first kappa shape index (κ1) is 14.3. The van der Waals surface area contributed by atoms with Crippen molar-refractivity contribution in [3.8, 4) is 11.5 Å². The van der Waals surface area contributed by atoms with E-state index in [2.05, 4.69) is 5.32 Å². The molecule has 0 fully saturated rings. The lowest BCUT2D eigenvalue weighted by molar-refractivity contribution is -0.122. The van der Waals surface area contributed by atoms with E-state index in [9.17, 15) is 4.79 Å². The molecule has 0 aromatic heterocycles. The van der Waals surface area contributed by atoms with E-state index < -0.39 is 6.04 Å². The van der Waals surface area contributed by atoms with E-state index in [4.69, 9.17) is 15.2 Å². The molecule has 0 radical (unpaired) electrons. The average Bonchev–Trinajstić information content (AvgIpc) is 2.36. The van der Waals surface area contributed by atoms with Crippen LogP contribution in [0.25, 0.3) is 0 Å². The Hall–Kier alpha value is -1.75. The van der Waals surface area contributed by atoms with Gasteiger partial charge in [-0.1, -0.05) is 6.07 Å². The van der Waals surface area contributed by atoms with E-state index in [-0.39, 0.29) is 5.91 Å². The predicted molar refractivity (Wildman–Crippen MR) is 69.7 cm³/mol. The second-order valence-electron chi connectivity index (χ2n) is 3.92. The first-order chi connectivity index (χ1) is 8.58. The SMILES string of the molecule is CCOc1cc(CNC(=O)[C@@H](C)N)ccc1OC. The summed E-state index contributed by atoms with van der Waals surface area (Å²) in [5.74, 6) is 1.18. The summed E-state index contributed by atoms with van der Waals surface area (Å²) in [6, 6.07) is 5.04. The van der Waals surface area contributed by atoms with Crippen molar-refractivity contribution in [3.05, 3.63) is 23.8 Å². The lowest BCUT2D eigenvalue weighted by Crippen LogP contribution is -2.37. The molecule has 5 nitrogen and oxygen atoms in total. The molecule has 0 spiro atoms. The smallest absolute Gasteiger partial charge is 0.236 e. The number of methoxy groups -OCH3 is 1. The molecule has 1 rings (SSSR count). The van der Waals surface area contributed by atoms with Crippen LogP contribution in [0.5, 0.6) is 11.5 Å². The van der Waals surface area contributed by atoms with Crippen molar-refractivity contribution in [1.29, 1.82) is 0 Å². The van der Waals surface area contributed by atoms with Crippen molar-refractivity contribution in [2.75, 3.05) is 13.7 Å². The monoisotopic (exact) mass is 252 g/mol. The summed E-state index contributed by atoms with van der Waals surface area (Å²) >= 11 is 0. The molecule has 0 heterocycles. The molecule has 1 aromatic rings. The Kier molecular flexibility index (Phi) is 5.45. The molecule has 0 saturated heterocycles. The van der Waals surface area contributed by atoms with Gasteiger partial charge < -0.3 is 20.5 Å². The minimum Gasteiger partial charge on any atom is -0.493 e. The van der Waals surface area contributed by atoms with E-state index in [0.717, 1.165) is 5.56 Å². The van der Waals surface area contributed by atoms with Crippen LogP contribution in [0.15, 0.2) is 18.2 Å². The Labute approximate surface area is 107 Å². The van der Waals surface area contributed by atoms with Crippen molar-refractivity contribution < 1.29 is 14.3 Å². The van der Waals surface area contributed by atoms with Gasteiger partial charge in [-0.15, -0.1) is 0 Å². The maximum Gasteiger partial charge on any atom is 0.236 e. The molecule has 0 aliphatic heterocycles. The predicted octanol–water partition coefficient (Wildman–Crippen LogP) is 1.06. The number of amides is 1. The molecule has 100 valence electrons. The highest BCUT2D eigenvalue weighted by atomic mass is 16.5. The second kappa shape index (κ2) is 6.86. The molecule has 5 heteroatoms. The molecular weight excluding hydrogens is 232 g/mol. The van der Waals surface area contributed by atoms with Crippen molar-refractivity contribution in [2.45, 2.75) is 26.4 Å². The molecular formula is C13H20N2O3. The number of benzene rings is 1. The highest BCUT2D eigenvalue weighted by Crippen LogP contribution is 2.27. The van der Waals surface area contributed by atoms with Gasteiger partial charge in [-0.3, -0.25) is 4.79 Å². The van der Waals surface area contributed by atoms with Crippen LogP contribution in [-0.2, 0) is 11.3 Å². The molecule has 0 aliphatic rings. The zero-order valence-corrected chi connectivity index (χ0v) is 11.0. The van der Waals surface area contributed by atoms with E-state index in [1.54, 1.807) is 14.0 Å². The third kappa shape index (κ3) is 3.92. The number of carbonyl (C=O) groups is 1. The first-order valence-electron chi connectivity index (χ1n) is 5.91. The van der Waals surface area contributed by atoms with Crippen molar-refractivity contribution in [3.63, 3.8) is 0 Å². The molecule has 0 aliphatic carbocycles. The van der Waals surface area contributed by atoms with Gasteiger partial charge in [-0.05, 0) is 31.5 Å². The fourth-order valence-electron chi connectivity index (χ4n) is 1.45. The Balaban J connectivity index is 2.72. The quantitative estimate of drug-likeness (QED) is 0.794. The standard InChI is InChI=1S/C13H20N2O3/c1-4-18-12-7-10(5-6-11(12)17-3)8-15-13(16)9(2)14/h5-7,9H,4,8,14H2,1-3H3,(H,15,16)/t9-/m1/s1. The fraction of sp³-hybridized carbons (Fsp3) is 0.462. The number of hydrogen-bond donors (Lipinski definition) is 2. The summed E-state index contributed by atoms with van der Waals surface area (Å²) < 4.78 is 10.6. The minimum absolute atomic E-state index is 0.177. The molecule has 0 unspecified atom stereocenters. The summed E-state index contributed by atoms with van der Waals surface area (Å²) in [5, 5.41) is 2.74. The molecule has 0 bridgehead atoms. The topological polar surface area (TPSA) is 73.6 Å². The van der Waals surface area contributed by atoms with Gasteiger partial charge in [0.1, 0.15) is 0 Å². The lowest BCUT2D eigenvalue weighted by Gasteiger charge is -2.12. The van der Waals surface area contributed by atoms with Gasteiger partial charge in [0, 0.05) is 6.54 Å². The van der Waals surface area contributed by atoms with Gasteiger partial charge in [0.05, 0.1) is 19.8 Å². The van der Waals surface area contributed by atoms with Crippen molar-refractivity contribution >= 4 is 5.91 Å². The molecule has 18 heavy (non-hydrogen) atoms. The van der Waals surface area contributed by atoms with Gasteiger partial charge in [0.25, 0.3) is 0 Å². The van der Waals surface area contributed by atoms with E-state index in [1.807, 2.05) is 25.1 Å². The Morgan fingerprint density at radius 1 is 1.44 bits per heavy atom. The summed E-state index contributed by atoms with van der Waals surface area (Å²) in [6.45, 7) is 4.54. The van der Waals surface area contributed by atoms with Crippen LogP contribution in [0.1, 0.15) is 19.4 Å². The van der Waals surface area contributed by atoms with Crippen molar-refractivity contribution in [1.82, 2.24) is 5.32 Å². The van der Waals surface area contributed by atoms with Gasteiger partial charge >= 0.3 is 0 Å². The number of hydrogen-bond acceptors (Lipinski definition) is 4. The zero-order valence-electron chi connectivity index (χ0n) is 11.0. The summed E-state index contributed by atoms with van der Waals surface area (Å²) in [7, 11) is 1.59. The van der Waals surface area contributed by atoms with Gasteiger partial charge in [0.15, 0.2) is 11.5 Å². The van der Waals surface area contributed by atoms with Crippen LogP contribution >= 0.6 is 0 Å². The Morgan fingerprint density at radius 2 is 2.17 bits per heavy atom. The number of ether oxygens (including phenoxy) is 2. The van der Waals surface area contributed by atoms with Crippen LogP contribution in [0, 0.1) is 0 Å². The third-order valence-corrected chi connectivity index (χ3v) is 2.41. The maximum atomic E-state index is 11.4. The van der Waals surface area contributed by atoms with Gasteiger partial charge in [-0.2, -0.15) is 0 Å². The first-order valence-corrected chi connectivity index (χ1v) is 5.91. The van der Waals surface area contributed by atoms with Crippen LogP contribution in [-0.4, -0.2) is 25.7 Å². The van der Waals surface area contributed by atoms with Gasteiger partial charge in [0.2, 0.25) is 5.91 Å². The molecule has 3 N–H and O–H groups in total. The number of rotatable bonds is 6. The molecule has 1 amide bonds. The third-order valence-electron chi connectivity index (χ3n) is 2.41. The molecule has 0 saturated carbocycles. The normalized spacial score (nSPS) is 11.8. The average molecular weight is 252 g/mol. The largest absolute Gasteiger partial charge is 0.493 e. The number of nitrogens with two attached hydrogens (primary N) is 1.